The number of carbonyl (C=O) groups excluding carboxylic acids is 1. The highest BCUT2D eigenvalue weighted by atomic mass is 35.5. The molecule has 1 atom stereocenters. The second kappa shape index (κ2) is 9.99. The molecule has 1 unspecified atom stereocenters. The Morgan fingerprint density at radius 2 is 1.94 bits per heavy atom. The first kappa shape index (κ1) is 21.4. The summed E-state index contributed by atoms with van der Waals surface area (Å²) >= 11 is 6.38. The Kier molecular flexibility index (Phi) is 6.90. The summed E-state index contributed by atoms with van der Waals surface area (Å²) in [5, 5.41) is 7.43. The number of rotatable bonds is 8. The van der Waals surface area contributed by atoms with Crippen molar-refractivity contribution in [3.8, 4) is 16.9 Å². The van der Waals surface area contributed by atoms with Crippen LogP contribution in [0.5, 0.6) is 5.75 Å². The van der Waals surface area contributed by atoms with Gasteiger partial charge in [0.15, 0.2) is 0 Å². The van der Waals surface area contributed by atoms with Gasteiger partial charge in [-0.1, -0.05) is 54.1 Å². The standard InChI is InChI=1S/C26H27ClN2O2/c1-18(30)13-22-6-2-3-8-25(22)29-16-19-5-4-7-20(14-19)21-9-10-24(27)26(15-21)31-23-11-12-28-17-23/h2-10,14-15,23,28-29H,11-13,16-17H2,1H3. The van der Waals surface area contributed by atoms with Crippen molar-refractivity contribution in [1.29, 1.82) is 0 Å². The van der Waals surface area contributed by atoms with Gasteiger partial charge in [-0.05, 0) is 66.4 Å². The zero-order valence-corrected chi connectivity index (χ0v) is 18.4. The Labute approximate surface area is 188 Å². The van der Waals surface area contributed by atoms with Crippen LogP contribution in [-0.2, 0) is 17.8 Å². The van der Waals surface area contributed by atoms with Crippen LogP contribution in [0, 0.1) is 0 Å². The molecule has 1 aliphatic rings. The molecule has 0 radical (unpaired) electrons. The number of benzene rings is 3. The Hall–Kier alpha value is -2.82. The quantitative estimate of drug-likeness (QED) is 0.492. The summed E-state index contributed by atoms with van der Waals surface area (Å²) in [4.78, 5) is 11.6. The first-order valence-corrected chi connectivity index (χ1v) is 11.0. The number of hydrogen-bond donors (Lipinski definition) is 2. The molecule has 0 spiro atoms. The van der Waals surface area contributed by atoms with Gasteiger partial charge in [-0.15, -0.1) is 0 Å². The van der Waals surface area contributed by atoms with E-state index in [1.54, 1.807) is 6.92 Å². The molecule has 2 N–H and O–H groups in total. The molecule has 1 heterocycles. The van der Waals surface area contributed by atoms with Crippen molar-refractivity contribution in [2.45, 2.75) is 32.4 Å². The number of para-hydroxylation sites is 1. The topological polar surface area (TPSA) is 50.4 Å². The van der Waals surface area contributed by atoms with E-state index < -0.39 is 0 Å². The molecule has 5 heteroatoms. The summed E-state index contributed by atoms with van der Waals surface area (Å²) in [5.41, 5.74) is 5.36. The van der Waals surface area contributed by atoms with Crippen molar-refractivity contribution in [2.75, 3.05) is 18.4 Å². The highest BCUT2D eigenvalue weighted by Gasteiger charge is 2.17. The lowest BCUT2D eigenvalue weighted by molar-refractivity contribution is -0.116. The Morgan fingerprint density at radius 3 is 2.74 bits per heavy atom. The van der Waals surface area contributed by atoms with Gasteiger partial charge >= 0.3 is 0 Å². The average Bonchev–Trinajstić information content (AvgIpc) is 3.28. The van der Waals surface area contributed by atoms with E-state index in [2.05, 4.69) is 34.9 Å². The Morgan fingerprint density at radius 1 is 1.10 bits per heavy atom. The molecular formula is C26H27ClN2O2. The average molecular weight is 435 g/mol. The lowest BCUT2D eigenvalue weighted by atomic mass is 10.0. The maximum Gasteiger partial charge on any atom is 0.138 e. The monoisotopic (exact) mass is 434 g/mol. The van der Waals surface area contributed by atoms with Crippen LogP contribution in [0.15, 0.2) is 66.7 Å². The predicted octanol–water partition coefficient (Wildman–Crippen LogP) is 5.49. The number of halogens is 1. The zero-order valence-electron chi connectivity index (χ0n) is 17.7. The fourth-order valence-corrected chi connectivity index (χ4v) is 4.02. The van der Waals surface area contributed by atoms with Crippen LogP contribution in [0.3, 0.4) is 0 Å². The highest BCUT2D eigenvalue weighted by molar-refractivity contribution is 6.32. The smallest absolute Gasteiger partial charge is 0.138 e. The molecule has 0 saturated carbocycles. The van der Waals surface area contributed by atoms with Gasteiger partial charge < -0.3 is 15.4 Å². The molecular weight excluding hydrogens is 408 g/mol. The first-order valence-electron chi connectivity index (χ1n) is 10.7. The van der Waals surface area contributed by atoms with E-state index in [4.69, 9.17) is 16.3 Å². The summed E-state index contributed by atoms with van der Waals surface area (Å²) < 4.78 is 6.11. The third-order valence-corrected chi connectivity index (χ3v) is 5.75. The fraction of sp³-hybridized carbons (Fsp3) is 0.269. The van der Waals surface area contributed by atoms with Crippen LogP contribution >= 0.6 is 11.6 Å². The molecule has 4 nitrogen and oxygen atoms in total. The number of hydrogen-bond acceptors (Lipinski definition) is 4. The van der Waals surface area contributed by atoms with Gasteiger partial charge in [0.1, 0.15) is 17.6 Å². The van der Waals surface area contributed by atoms with Gasteiger partial charge in [0.25, 0.3) is 0 Å². The second-order valence-electron chi connectivity index (χ2n) is 7.97. The van der Waals surface area contributed by atoms with E-state index >= 15 is 0 Å². The molecule has 0 aliphatic carbocycles. The van der Waals surface area contributed by atoms with E-state index in [0.717, 1.165) is 53.2 Å². The molecule has 3 aromatic rings. The summed E-state index contributed by atoms with van der Waals surface area (Å²) in [7, 11) is 0. The van der Waals surface area contributed by atoms with Crippen LogP contribution in [0.4, 0.5) is 5.69 Å². The number of anilines is 1. The second-order valence-corrected chi connectivity index (χ2v) is 8.37. The maximum absolute atomic E-state index is 11.6. The van der Waals surface area contributed by atoms with Crippen molar-refractivity contribution in [1.82, 2.24) is 5.32 Å². The van der Waals surface area contributed by atoms with E-state index in [1.165, 1.54) is 0 Å². The SMILES string of the molecule is CC(=O)Cc1ccccc1NCc1cccc(-c2ccc(Cl)c(OC3CCNC3)c2)c1. The van der Waals surface area contributed by atoms with Crippen LogP contribution in [0.2, 0.25) is 5.02 Å². The van der Waals surface area contributed by atoms with E-state index in [0.29, 0.717) is 18.0 Å². The molecule has 0 bridgehead atoms. The fourth-order valence-electron chi connectivity index (χ4n) is 3.85. The molecule has 1 saturated heterocycles. The molecule has 0 amide bonds. The zero-order chi connectivity index (χ0) is 21.6. The molecule has 31 heavy (non-hydrogen) atoms. The van der Waals surface area contributed by atoms with Gasteiger partial charge in [0.2, 0.25) is 0 Å². The number of ether oxygens (including phenoxy) is 1. The summed E-state index contributed by atoms with van der Waals surface area (Å²) in [6, 6.07) is 22.3. The van der Waals surface area contributed by atoms with Gasteiger partial charge in [-0.3, -0.25) is 4.79 Å². The van der Waals surface area contributed by atoms with Crippen molar-refractivity contribution < 1.29 is 9.53 Å². The molecule has 1 fully saturated rings. The van der Waals surface area contributed by atoms with Crippen molar-refractivity contribution in [3.05, 3.63) is 82.9 Å². The minimum Gasteiger partial charge on any atom is -0.487 e. The third kappa shape index (κ3) is 5.66. The lowest BCUT2D eigenvalue weighted by Crippen LogP contribution is -2.19. The largest absolute Gasteiger partial charge is 0.487 e. The minimum absolute atomic E-state index is 0.158. The Balaban J connectivity index is 1.49. The molecule has 0 aromatic heterocycles. The van der Waals surface area contributed by atoms with Crippen molar-refractivity contribution in [3.63, 3.8) is 0 Å². The Bertz CT molecular complexity index is 1060. The third-order valence-electron chi connectivity index (χ3n) is 5.44. The summed E-state index contributed by atoms with van der Waals surface area (Å²) in [5.74, 6) is 0.889. The van der Waals surface area contributed by atoms with Gasteiger partial charge in [0.05, 0.1) is 5.02 Å². The summed E-state index contributed by atoms with van der Waals surface area (Å²) in [6.45, 7) is 4.13. The highest BCUT2D eigenvalue weighted by Crippen LogP contribution is 2.32. The van der Waals surface area contributed by atoms with Crippen molar-refractivity contribution in [2.24, 2.45) is 0 Å². The number of carbonyl (C=O) groups is 1. The molecule has 160 valence electrons. The van der Waals surface area contributed by atoms with E-state index in [9.17, 15) is 4.79 Å². The number of ketones is 1. The minimum atomic E-state index is 0.158. The number of nitrogens with one attached hydrogen (secondary N) is 2. The molecule has 3 aromatic carbocycles. The molecule has 4 rings (SSSR count). The van der Waals surface area contributed by atoms with Crippen LogP contribution < -0.4 is 15.4 Å². The summed E-state index contributed by atoms with van der Waals surface area (Å²) in [6.07, 6.45) is 1.60. The van der Waals surface area contributed by atoms with E-state index in [-0.39, 0.29) is 11.9 Å². The van der Waals surface area contributed by atoms with Gasteiger partial charge in [-0.25, -0.2) is 0 Å². The van der Waals surface area contributed by atoms with Crippen molar-refractivity contribution >= 4 is 23.1 Å². The van der Waals surface area contributed by atoms with Crippen LogP contribution in [0.1, 0.15) is 24.5 Å². The van der Waals surface area contributed by atoms with Crippen LogP contribution in [-0.4, -0.2) is 25.0 Å². The predicted molar refractivity (Wildman–Crippen MR) is 127 cm³/mol. The van der Waals surface area contributed by atoms with E-state index in [1.807, 2.05) is 42.5 Å². The molecule has 1 aliphatic heterocycles. The van der Waals surface area contributed by atoms with Crippen LogP contribution in [0.25, 0.3) is 11.1 Å². The van der Waals surface area contributed by atoms with Gasteiger partial charge in [0, 0.05) is 25.2 Å². The lowest BCUT2D eigenvalue weighted by Gasteiger charge is -2.15. The maximum atomic E-state index is 11.6. The van der Waals surface area contributed by atoms with Gasteiger partial charge in [-0.2, -0.15) is 0 Å². The normalized spacial score (nSPS) is 15.6. The number of Topliss-reactive ketones (excluding diaryl/α,β-unsaturated/α-hetero) is 1. The first-order chi connectivity index (χ1) is 15.1.